The van der Waals surface area contributed by atoms with Gasteiger partial charge in [-0.1, -0.05) is 0 Å². The number of nitrogens with zero attached hydrogens (tertiary/aromatic N) is 1. The van der Waals surface area contributed by atoms with Crippen LogP contribution in [-0.2, 0) is 15.7 Å². The molecule has 0 bridgehead atoms. The smallest absolute Gasteiger partial charge is 0.0975 e. The van der Waals surface area contributed by atoms with Crippen LogP contribution in [0, 0.1) is 0 Å². The second kappa shape index (κ2) is 5.34. The van der Waals surface area contributed by atoms with Crippen LogP contribution in [0.2, 0.25) is 0 Å². The Labute approximate surface area is 107 Å². The third-order valence-electron chi connectivity index (χ3n) is 3.03. The number of morpholine rings is 1. The number of ether oxygens (including phenoxy) is 1. The molecule has 4 nitrogen and oxygen atoms in total. The molecule has 0 aromatic heterocycles. The zero-order valence-corrected chi connectivity index (χ0v) is 11.9. The fraction of sp³-hybridized carbons (Fsp3) is 1.00. The second-order valence-corrected chi connectivity index (χ2v) is 7.72. The normalized spacial score (nSPS) is 29.2. The van der Waals surface area contributed by atoms with Crippen LogP contribution in [0.15, 0.2) is 0 Å². The molecule has 2 atom stereocenters. The number of nitrogens with one attached hydrogen (secondary N) is 1. The quantitative estimate of drug-likeness (QED) is 0.816. The van der Waals surface area contributed by atoms with Gasteiger partial charge < -0.3 is 10.1 Å². The van der Waals surface area contributed by atoms with Crippen LogP contribution in [0.1, 0.15) is 33.6 Å². The van der Waals surface area contributed by atoms with Gasteiger partial charge in [-0.15, -0.1) is 0 Å². The van der Waals surface area contributed by atoms with Crippen molar-refractivity contribution in [1.82, 2.24) is 9.62 Å². The number of hydrogen-bond donors (Lipinski definition) is 1. The van der Waals surface area contributed by atoms with E-state index in [1.54, 1.807) is 0 Å². The largest absolute Gasteiger partial charge is 0.374 e. The molecule has 100 valence electrons. The molecular formula is C12H24N2O2S. The van der Waals surface area contributed by atoms with Crippen LogP contribution >= 0.6 is 0 Å². The first kappa shape index (κ1) is 13.5. The van der Waals surface area contributed by atoms with Crippen LogP contribution in [-0.4, -0.2) is 51.6 Å². The summed E-state index contributed by atoms with van der Waals surface area (Å²) in [5, 5.41) is 3.88. The van der Waals surface area contributed by atoms with E-state index in [1.807, 2.05) is 0 Å². The molecule has 0 radical (unpaired) electrons. The van der Waals surface area contributed by atoms with Crippen molar-refractivity contribution in [3.63, 3.8) is 0 Å². The van der Waals surface area contributed by atoms with E-state index in [2.05, 4.69) is 30.4 Å². The summed E-state index contributed by atoms with van der Waals surface area (Å²) in [5.74, 6) is 0. The highest BCUT2D eigenvalue weighted by Crippen LogP contribution is 2.28. The van der Waals surface area contributed by atoms with Gasteiger partial charge in [0.2, 0.25) is 0 Å². The first-order valence-electron chi connectivity index (χ1n) is 6.48. The molecule has 0 amide bonds. The molecule has 2 fully saturated rings. The fourth-order valence-electron chi connectivity index (χ4n) is 1.88. The van der Waals surface area contributed by atoms with Gasteiger partial charge in [0.15, 0.2) is 0 Å². The van der Waals surface area contributed by atoms with Crippen molar-refractivity contribution in [2.24, 2.45) is 0 Å². The highest BCUT2D eigenvalue weighted by Gasteiger charge is 2.35. The number of rotatable bonds is 4. The fourth-order valence-corrected chi connectivity index (χ4v) is 3.41. The van der Waals surface area contributed by atoms with Crippen LogP contribution in [0.3, 0.4) is 0 Å². The minimum absolute atomic E-state index is 0.112. The first-order valence-corrected chi connectivity index (χ1v) is 7.65. The van der Waals surface area contributed by atoms with Gasteiger partial charge in [0.25, 0.3) is 0 Å². The first-order chi connectivity index (χ1) is 7.96. The molecule has 1 saturated heterocycles. The highest BCUT2D eigenvalue weighted by molar-refractivity contribution is 7.83. The lowest BCUT2D eigenvalue weighted by molar-refractivity contribution is -0.00160. The molecular weight excluding hydrogens is 236 g/mol. The Balaban J connectivity index is 1.78. The lowest BCUT2D eigenvalue weighted by Crippen LogP contribution is -2.50. The van der Waals surface area contributed by atoms with Crippen LogP contribution in [0.5, 0.6) is 0 Å². The molecule has 1 unspecified atom stereocenters. The summed E-state index contributed by atoms with van der Waals surface area (Å²) < 4.78 is 19.9. The van der Waals surface area contributed by atoms with E-state index in [4.69, 9.17) is 4.74 Å². The van der Waals surface area contributed by atoms with Gasteiger partial charge in [-0.05, 0) is 33.6 Å². The van der Waals surface area contributed by atoms with E-state index >= 15 is 0 Å². The van der Waals surface area contributed by atoms with Gasteiger partial charge in [0, 0.05) is 30.4 Å². The topological polar surface area (TPSA) is 41.6 Å². The van der Waals surface area contributed by atoms with Gasteiger partial charge >= 0.3 is 0 Å². The van der Waals surface area contributed by atoms with Crippen LogP contribution < -0.4 is 5.32 Å². The Hall–Kier alpha value is 0.0300. The lowest BCUT2D eigenvalue weighted by atomic mass is 10.1. The maximum Gasteiger partial charge on any atom is 0.0975 e. The summed E-state index contributed by atoms with van der Waals surface area (Å²) in [5.41, 5.74) is 0.112. The zero-order valence-electron chi connectivity index (χ0n) is 11.1. The van der Waals surface area contributed by atoms with Crippen molar-refractivity contribution in [3.05, 3.63) is 0 Å². The summed E-state index contributed by atoms with van der Waals surface area (Å²) in [6.07, 6.45) is 2.44. The van der Waals surface area contributed by atoms with Crippen LogP contribution in [0.4, 0.5) is 0 Å². The molecule has 1 aliphatic carbocycles. The highest BCUT2D eigenvalue weighted by atomic mass is 32.2. The summed E-state index contributed by atoms with van der Waals surface area (Å²) in [4.78, 5) is 0. The summed E-state index contributed by atoms with van der Waals surface area (Å²) in [6, 6.07) is 0. The molecule has 2 aliphatic rings. The third kappa shape index (κ3) is 4.32. The SMILES string of the molecule is CC(C)(C)NC[C@@H]1CN(S(=O)C2CC2)CCO1. The predicted octanol–water partition coefficient (Wildman–Crippen LogP) is 0.901. The summed E-state index contributed by atoms with van der Waals surface area (Å²) in [6.45, 7) is 9.60. The van der Waals surface area contributed by atoms with E-state index in [1.165, 1.54) is 0 Å². The predicted molar refractivity (Wildman–Crippen MR) is 70.2 cm³/mol. The minimum atomic E-state index is -0.767. The molecule has 1 saturated carbocycles. The minimum Gasteiger partial charge on any atom is -0.374 e. The number of hydrogen-bond acceptors (Lipinski definition) is 3. The Morgan fingerprint density at radius 1 is 1.41 bits per heavy atom. The molecule has 1 aliphatic heterocycles. The van der Waals surface area contributed by atoms with Crippen molar-refractivity contribution < 1.29 is 8.95 Å². The molecule has 0 spiro atoms. The van der Waals surface area contributed by atoms with Crippen molar-refractivity contribution in [3.8, 4) is 0 Å². The van der Waals surface area contributed by atoms with Crippen molar-refractivity contribution >= 4 is 11.0 Å². The summed E-state index contributed by atoms with van der Waals surface area (Å²) >= 11 is 0. The van der Waals surface area contributed by atoms with E-state index < -0.39 is 11.0 Å². The Kier molecular flexibility index (Phi) is 4.23. The van der Waals surface area contributed by atoms with E-state index in [0.717, 1.165) is 32.5 Å². The molecule has 17 heavy (non-hydrogen) atoms. The molecule has 1 heterocycles. The van der Waals surface area contributed by atoms with Gasteiger partial charge in [-0.3, -0.25) is 0 Å². The van der Waals surface area contributed by atoms with Gasteiger partial charge in [-0.25, -0.2) is 8.51 Å². The lowest BCUT2D eigenvalue weighted by Gasteiger charge is -2.33. The molecule has 1 N–H and O–H groups in total. The monoisotopic (exact) mass is 260 g/mol. The van der Waals surface area contributed by atoms with Gasteiger partial charge in [-0.2, -0.15) is 0 Å². The maximum atomic E-state index is 12.1. The average Bonchev–Trinajstić information content (AvgIpc) is 3.09. The van der Waals surface area contributed by atoms with E-state index in [9.17, 15) is 4.21 Å². The molecule has 2 rings (SSSR count). The van der Waals surface area contributed by atoms with E-state index in [-0.39, 0.29) is 11.6 Å². The standard InChI is InChI=1S/C12H24N2O2S/c1-12(2,3)13-8-10-9-14(6-7-16-10)17(15)11-4-5-11/h10-11,13H,4-9H2,1-3H3/t10-,17?/m1/s1. The Bertz CT molecular complexity index is 287. The van der Waals surface area contributed by atoms with Crippen LogP contribution in [0.25, 0.3) is 0 Å². The maximum absolute atomic E-state index is 12.1. The van der Waals surface area contributed by atoms with E-state index in [0.29, 0.717) is 11.9 Å². The Morgan fingerprint density at radius 2 is 2.12 bits per heavy atom. The van der Waals surface area contributed by atoms with Crippen molar-refractivity contribution in [2.45, 2.75) is 50.5 Å². The third-order valence-corrected chi connectivity index (χ3v) is 4.91. The molecule has 5 heteroatoms. The zero-order chi connectivity index (χ0) is 12.5. The van der Waals surface area contributed by atoms with Crippen molar-refractivity contribution in [2.75, 3.05) is 26.2 Å². The molecule has 0 aromatic carbocycles. The second-order valence-electron chi connectivity index (χ2n) is 5.99. The average molecular weight is 260 g/mol. The van der Waals surface area contributed by atoms with Gasteiger partial charge in [0.05, 0.1) is 23.7 Å². The van der Waals surface area contributed by atoms with Gasteiger partial charge in [0.1, 0.15) is 0 Å². The Morgan fingerprint density at radius 3 is 2.71 bits per heavy atom. The molecule has 0 aromatic rings. The summed E-state index contributed by atoms with van der Waals surface area (Å²) in [7, 11) is -0.767. The van der Waals surface area contributed by atoms with Crippen molar-refractivity contribution in [1.29, 1.82) is 0 Å².